The van der Waals surface area contributed by atoms with Crippen LogP contribution in [0, 0.1) is 13.8 Å². The largest absolute Gasteiger partial charge is 0.480 e. The van der Waals surface area contributed by atoms with Gasteiger partial charge in [-0.3, -0.25) is 9.52 Å². The van der Waals surface area contributed by atoms with Crippen LogP contribution in [-0.4, -0.2) is 24.7 Å². The molecular weight excluding hydrogens is 242 g/mol. The molecule has 1 atom stereocenters. The van der Waals surface area contributed by atoms with E-state index in [9.17, 15) is 13.2 Å². The van der Waals surface area contributed by atoms with Gasteiger partial charge in [-0.1, -0.05) is 12.1 Å². The predicted octanol–water partition coefficient (Wildman–Crippen LogP) is 1.52. The first kappa shape index (κ1) is 13.5. The zero-order valence-electron chi connectivity index (χ0n) is 9.89. The van der Waals surface area contributed by atoms with Crippen molar-refractivity contribution in [2.24, 2.45) is 0 Å². The van der Waals surface area contributed by atoms with Crippen LogP contribution in [0.2, 0.25) is 0 Å². The minimum atomic E-state index is -3.90. The van der Waals surface area contributed by atoms with E-state index in [0.717, 1.165) is 18.1 Å². The highest BCUT2D eigenvalue weighted by atomic mass is 32.2. The fraction of sp³-hybridized carbons (Fsp3) is 0.364. The van der Waals surface area contributed by atoms with Gasteiger partial charge in [0, 0.05) is 0 Å². The maximum atomic E-state index is 11.7. The third kappa shape index (κ3) is 2.97. The second-order valence-corrected chi connectivity index (χ2v) is 5.88. The number of carboxylic acids is 1. The van der Waals surface area contributed by atoms with Crippen molar-refractivity contribution in [3.63, 3.8) is 0 Å². The quantitative estimate of drug-likeness (QED) is 0.856. The van der Waals surface area contributed by atoms with Gasteiger partial charge < -0.3 is 5.11 Å². The first-order chi connectivity index (χ1) is 7.75. The van der Waals surface area contributed by atoms with Crippen LogP contribution in [0.1, 0.15) is 18.1 Å². The van der Waals surface area contributed by atoms with Gasteiger partial charge in [0.1, 0.15) is 0 Å². The molecule has 1 unspecified atom stereocenters. The van der Waals surface area contributed by atoms with E-state index < -0.39 is 21.2 Å². The number of nitrogens with one attached hydrogen (secondary N) is 1. The Bertz CT molecular complexity index is 536. The molecule has 0 spiro atoms. The van der Waals surface area contributed by atoms with Crippen LogP contribution in [0.3, 0.4) is 0 Å². The van der Waals surface area contributed by atoms with E-state index in [2.05, 4.69) is 4.72 Å². The summed E-state index contributed by atoms with van der Waals surface area (Å²) in [5, 5.41) is 7.22. The van der Waals surface area contributed by atoms with Crippen LogP contribution in [0.25, 0.3) is 0 Å². The molecule has 6 heteroatoms. The lowest BCUT2D eigenvalue weighted by Gasteiger charge is -2.14. The molecule has 94 valence electrons. The fourth-order valence-corrected chi connectivity index (χ4v) is 2.21. The van der Waals surface area contributed by atoms with Gasteiger partial charge in [0.25, 0.3) is 0 Å². The van der Waals surface area contributed by atoms with Crippen molar-refractivity contribution in [3.05, 3.63) is 29.3 Å². The molecule has 0 aliphatic carbocycles. The summed E-state index contributed by atoms with van der Waals surface area (Å²) in [6.45, 7) is 4.77. The van der Waals surface area contributed by atoms with E-state index in [1.165, 1.54) is 0 Å². The molecule has 0 saturated heterocycles. The Labute approximate surface area is 101 Å². The first-order valence-electron chi connectivity index (χ1n) is 5.06. The van der Waals surface area contributed by atoms with E-state index in [1.807, 2.05) is 13.0 Å². The molecule has 1 rings (SSSR count). The highest BCUT2D eigenvalue weighted by Gasteiger charge is 2.27. The number of hydrogen-bond donors (Lipinski definition) is 2. The van der Waals surface area contributed by atoms with Crippen LogP contribution < -0.4 is 4.72 Å². The van der Waals surface area contributed by atoms with Gasteiger partial charge >= 0.3 is 5.97 Å². The molecule has 1 aromatic carbocycles. The molecule has 0 radical (unpaired) electrons. The number of aliphatic carboxylic acids is 1. The van der Waals surface area contributed by atoms with Gasteiger partial charge in [0.2, 0.25) is 10.0 Å². The molecule has 0 aliphatic heterocycles. The van der Waals surface area contributed by atoms with E-state index >= 15 is 0 Å². The van der Waals surface area contributed by atoms with E-state index in [4.69, 9.17) is 5.11 Å². The molecular formula is C11H15NO4S. The highest BCUT2D eigenvalue weighted by Crippen LogP contribution is 2.20. The smallest absolute Gasteiger partial charge is 0.323 e. The van der Waals surface area contributed by atoms with E-state index in [-0.39, 0.29) is 0 Å². The maximum absolute atomic E-state index is 11.7. The molecule has 17 heavy (non-hydrogen) atoms. The topological polar surface area (TPSA) is 83.5 Å². The van der Waals surface area contributed by atoms with Gasteiger partial charge in [-0.25, -0.2) is 8.42 Å². The SMILES string of the molecule is Cc1cccc(NS(=O)(=O)C(C)C(=O)O)c1C. The Kier molecular flexibility index (Phi) is 3.77. The van der Waals surface area contributed by atoms with Gasteiger partial charge in [-0.05, 0) is 38.0 Å². The van der Waals surface area contributed by atoms with Crippen LogP contribution in [-0.2, 0) is 14.8 Å². The summed E-state index contributed by atoms with van der Waals surface area (Å²) in [5.41, 5.74) is 2.14. The number of rotatable bonds is 4. The van der Waals surface area contributed by atoms with Gasteiger partial charge in [-0.2, -0.15) is 0 Å². The molecule has 0 aromatic heterocycles. The first-order valence-corrected chi connectivity index (χ1v) is 6.61. The number of benzene rings is 1. The average molecular weight is 257 g/mol. The summed E-state index contributed by atoms with van der Waals surface area (Å²) in [6, 6.07) is 5.17. The molecule has 5 nitrogen and oxygen atoms in total. The Morgan fingerprint density at radius 1 is 1.35 bits per heavy atom. The monoisotopic (exact) mass is 257 g/mol. The lowest BCUT2D eigenvalue weighted by Crippen LogP contribution is -2.32. The van der Waals surface area contributed by atoms with Crippen molar-refractivity contribution >= 4 is 21.7 Å². The van der Waals surface area contributed by atoms with Crippen molar-refractivity contribution in [1.29, 1.82) is 0 Å². The standard InChI is InChI=1S/C11H15NO4S/c1-7-5-4-6-10(8(7)2)12-17(15,16)9(3)11(13)14/h4-6,9,12H,1-3H3,(H,13,14). The minimum Gasteiger partial charge on any atom is -0.480 e. The van der Waals surface area contributed by atoms with Crippen molar-refractivity contribution in [2.75, 3.05) is 4.72 Å². The van der Waals surface area contributed by atoms with Crippen LogP contribution in [0.5, 0.6) is 0 Å². The molecule has 0 heterocycles. The number of sulfonamides is 1. The minimum absolute atomic E-state index is 0.415. The second-order valence-electron chi connectivity index (χ2n) is 3.88. The van der Waals surface area contributed by atoms with Crippen LogP contribution in [0.15, 0.2) is 18.2 Å². The summed E-state index contributed by atoms with van der Waals surface area (Å²) in [4.78, 5) is 10.7. The Morgan fingerprint density at radius 2 is 1.94 bits per heavy atom. The Balaban J connectivity index is 3.07. The maximum Gasteiger partial charge on any atom is 0.323 e. The van der Waals surface area contributed by atoms with Crippen molar-refractivity contribution in [2.45, 2.75) is 26.0 Å². The second kappa shape index (κ2) is 4.75. The summed E-state index contributed by atoms with van der Waals surface area (Å²) in [6.07, 6.45) is 0. The molecule has 0 amide bonds. The van der Waals surface area contributed by atoms with E-state index in [0.29, 0.717) is 5.69 Å². The number of hydrogen-bond acceptors (Lipinski definition) is 3. The third-order valence-corrected chi connectivity index (χ3v) is 4.31. The molecule has 0 aliphatic rings. The van der Waals surface area contributed by atoms with Crippen LogP contribution >= 0.6 is 0 Å². The zero-order valence-corrected chi connectivity index (χ0v) is 10.7. The summed E-state index contributed by atoms with van der Waals surface area (Å²) >= 11 is 0. The summed E-state index contributed by atoms with van der Waals surface area (Å²) in [5.74, 6) is -1.37. The Morgan fingerprint density at radius 3 is 2.47 bits per heavy atom. The lowest BCUT2D eigenvalue weighted by molar-refractivity contribution is -0.136. The predicted molar refractivity (Wildman–Crippen MR) is 65.6 cm³/mol. The number of anilines is 1. The molecule has 0 fully saturated rings. The molecule has 1 aromatic rings. The van der Waals surface area contributed by atoms with Crippen molar-refractivity contribution in [1.82, 2.24) is 0 Å². The van der Waals surface area contributed by atoms with E-state index in [1.54, 1.807) is 19.1 Å². The number of aryl methyl sites for hydroxylation is 1. The fourth-order valence-electron chi connectivity index (χ4n) is 1.24. The molecule has 0 saturated carbocycles. The summed E-state index contributed by atoms with van der Waals surface area (Å²) in [7, 11) is -3.90. The zero-order chi connectivity index (χ0) is 13.2. The summed E-state index contributed by atoms with van der Waals surface area (Å²) < 4.78 is 25.7. The molecule has 0 bridgehead atoms. The van der Waals surface area contributed by atoms with Gasteiger partial charge in [0.15, 0.2) is 5.25 Å². The van der Waals surface area contributed by atoms with Crippen molar-refractivity contribution in [3.8, 4) is 0 Å². The van der Waals surface area contributed by atoms with Crippen molar-refractivity contribution < 1.29 is 18.3 Å². The van der Waals surface area contributed by atoms with Gasteiger partial charge in [-0.15, -0.1) is 0 Å². The Hall–Kier alpha value is -1.56. The molecule has 2 N–H and O–H groups in total. The normalized spacial score (nSPS) is 13.1. The third-order valence-electron chi connectivity index (χ3n) is 2.67. The number of carboxylic acid groups (broad SMARTS) is 1. The lowest BCUT2D eigenvalue weighted by atomic mass is 10.1. The van der Waals surface area contributed by atoms with Gasteiger partial charge in [0.05, 0.1) is 5.69 Å². The number of carbonyl (C=O) groups is 1. The highest BCUT2D eigenvalue weighted by molar-refractivity contribution is 7.94. The van der Waals surface area contributed by atoms with Crippen LogP contribution in [0.4, 0.5) is 5.69 Å². The average Bonchev–Trinajstić information content (AvgIpc) is 2.23.